The van der Waals surface area contributed by atoms with Gasteiger partial charge in [-0.25, -0.2) is 0 Å². The fourth-order valence-corrected chi connectivity index (χ4v) is 3.34. The molecule has 0 fully saturated rings. The highest BCUT2D eigenvalue weighted by Gasteiger charge is 2.23. The molecule has 0 N–H and O–H groups in total. The molecule has 0 aliphatic rings. The SMILES string of the molecule is CC(C)(C)c1nccc2c1c1ccccc1n2-c1ccccc1. The Bertz CT molecular complexity index is 989. The van der Waals surface area contributed by atoms with Crippen LogP contribution in [0.15, 0.2) is 66.9 Å². The largest absolute Gasteiger partial charge is 0.309 e. The van der Waals surface area contributed by atoms with Crippen LogP contribution in [0.3, 0.4) is 0 Å². The number of aromatic nitrogens is 2. The van der Waals surface area contributed by atoms with Gasteiger partial charge >= 0.3 is 0 Å². The molecule has 0 radical (unpaired) electrons. The van der Waals surface area contributed by atoms with Crippen molar-refractivity contribution < 1.29 is 0 Å². The minimum atomic E-state index is 0.00511. The van der Waals surface area contributed by atoms with Crippen LogP contribution in [0.4, 0.5) is 0 Å². The van der Waals surface area contributed by atoms with Crippen molar-refractivity contribution in [3.05, 3.63) is 72.6 Å². The van der Waals surface area contributed by atoms with Crippen LogP contribution in [-0.4, -0.2) is 9.55 Å². The highest BCUT2D eigenvalue weighted by atomic mass is 15.0. The van der Waals surface area contributed by atoms with E-state index in [4.69, 9.17) is 4.98 Å². The fraction of sp³-hybridized carbons (Fsp3) is 0.190. The van der Waals surface area contributed by atoms with Gasteiger partial charge in [-0.1, -0.05) is 57.2 Å². The molecule has 0 saturated heterocycles. The summed E-state index contributed by atoms with van der Waals surface area (Å²) in [5.41, 5.74) is 4.79. The predicted molar refractivity (Wildman–Crippen MR) is 97.3 cm³/mol. The molecule has 2 aromatic heterocycles. The molecule has 0 aliphatic heterocycles. The van der Waals surface area contributed by atoms with Gasteiger partial charge in [0.05, 0.1) is 16.7 Å². The van der Waals surface area contributed by atoms with Crippen LogP contribution in [0, 0.1) is 0 Å². The molecule has 0 amide bonds. The maximum atomic E-state index is 4.72. The lowest BCUT2D eigenvalue weighted by Crippen LogP contribution is -2.13. The van der Waals surface area contributed by atoms with Gasteiger partial charge in [0, 0.05) is 28.1 Å². The van der Waals surface area contributed by atoms with Gasteiger partial charge < -0.3 is 4.57 Å². The molecular formula is C21H20N2. The smallest absolute Gasteiger partial charge is 0.0574 e. The first-order valence-corrected chi connectivity index (χ1v) is 8.01. The van der Waals surface area contributed by atoms with E-state index in [1.165, 1.54) is 27.5 Å². The van der Waals surface area contributed by atoms with Crippen LogP contribution in [-0.2, 0) is 5.41 Å². The molecule has 2 nitrogen and oxygen atoms in total. The molecule has 0 bridgehead atoms. The van der Waals surface area contributed by atoms with E-state index in [1.54, 1.807) is 0 Å². The zero-order valence-corrected chi connectivity index (χ0v) is 13.7. The summed E-state index contributed by atoms with van der Waals surface area (Å²) in [5.74, 6) is 0. The molecule has 0 saturated carbocycles. The van der Waals surface area contributed by atoms with Gasteiger partial charge in [0.25, 0.3) is 0 Å². The molecule has 4 aromatic rings. The second-order valence-electron chi connectivity index (χ2n) is 6.99. The predicted octanol–water partition coefficient (Wildman–Crippen LogP) is 5.48. The van der Waals surface area contributed by atoms with Gasteiger partial charge in [-0.3, -0.25) is 4.98 Å². The summed E-state index contributed by atoms with van der Waals surface area (Å²) in [7, 11) is 0. The van der Waals surface area contributed by atoms with Gasteiger partial charge in [0.1, 0.15) is 0 Å². The number of rotatable bonds is 1. The summed E-state index contributed by atoms with van der Waals surface area (Å²) in [5, 5.41) is 2.53. The van der Waals surface area contributed by atoms with E-state index < -0.39 is 0 Å². The number of para-hydroxylation sites is 2. The molecule has 114 valence electrons. The Hall–Kier alpha value is -2.61. The van der Waals surface area contributed by atoms with Crippen LogP contribution < -0.4 is 0 Å². The number of benzene rings is 2. The molecule has 23 heavy (non-hydrogen) atoms. The van der Waals surface area contributed by atoms with E-state index in [9.17, 15) is 0 Å². The lowest BCUT2D eigenvalue weighted by molar-refractivity contribution is 0.576. The van der Waals surface area contributed by atoms with Crippen molar-refractivity contribution in [1.29, 1.82) is 0 Å². The zero-order chi connectivity index (χ0) is 16.0. The zero-order valence-electron chi connectivity index (χ0n) is 13.7. The van der Waals surface area contributed by atoms with Gasteiger partial charge in [-0.05, 0) is 24.3 Å². The van der Waals surface area contributed by atoms with Crippen LogP contribution in [0.1, 0.15) is 26.5 Å². The summed E-state index contributed by atoms with van der Waals surface area (Å²) in [6, 6.07) is 21.3. The highest BCUT2D eigenvalue weighted by Crippen LogP contribution is 2.37. The Morgan fingerprint density at radius 2 is 1.48 bits per heavy atom. The highest BCUT2D eigenvalue weighted by molar-refractivity contribution is 6.10. The van der Waals surface area contributed by atoms with Crippen molar-refractivity contribution in [2.45, 2.75) is 26.2 Å². The number of hydrogen-bond acceptors (Lipinski definition) is 1. The van der Waals surface area contributed by atoms with E-state index in [1.807, 2.05) is 6.20 Å². The summed E-state index contributed by atoms with van der Waals surface area (Å²) >= 11 is 0. The first-order chi connectivity index (χ1) is 11.1. The Morgan fingerprint density at radius 1 is 0.783 bits per heavy atom. The van der Waals surface area contributed by atoms with E-state index in [2.05, 4.69) is 86.0 Å². The summed E-state index contributed by atoms with van der Waals surface area (Å²) in [4.78, 5) is 4.72. The molecule has 0 unspecified atom stereocenters. The quantitative estimate of drug-likeness (QED) is 0.455. The van der Waals surface area contributed by atoms with Gasteiger partial charge in [-0.15, -0.1) is 0 Å². The van der Waals surface area contributed by atoms with Gasteiger partial charge in [0.2, 0.25) is 0 Å². The first kappa shape index (κ1) is 14.0. The topological polar surface area (TPSA) is 17.8 Å². The summed E-state index contributed by atoms with van der Waals surface area (Å²) < 4.78 is 2.33. The molecule has 2 aromatic carbocycles. The molecular weight excluding hydrogens is 280 g/mol. The summed E-state index contributed by atoms with van der Waals surface area (Å²) in [6.07, 6.45) is 1.93. The maximum Gasteiger partial charge on any atom is 0.0574 e. The molecule has 0 atom stereocenters. The Balaban J connectivity index is 2.23. The van der Waals surface area contributed by atoms with Crippen molar-refractivity contribution >= 4 is 21.8 Å². The lowest BCUT2D eigenvalue weighted by atomic mass is 9.88. The minimum absolute atomic E-state index is 0.00511. The molecule has 4 rings (SSSR count). The molecule has 0 aliphatic carbocycles. The normalized spacial score (nSPS) is 12.1. The third kappa shape index (κ3) is 2.14. The van der Waals surface area contributed by atoms with E-state index in [0.29, 0.717) is 0 Å². The second kappa shape index (κ2) is 4.95. The van der Waals surface area contributed by atoms with E-state index in [0.717, 1.165) is 5.69 Å². The number of pyridine rings is 1. The number of nitrogens with zero attached hydrogens (tertiary/aromatic N) is 2. The third-order valence-electron chi connectivity index (χ3n) is 4.31. The number of fused-ring (bicyclic) bond motifs is 3. The van der Waals surface area contributed by atoms with Crippen molar-refractivity contribution in [2.75, 3.05) is 0 Å². The van der Waals surface area contributed by atoms with Gasteiger partial charge in [-0.2, -0.15) is 0 Å². The van der Waals surface area contributed by atoms with Crippen molar-refractivity contribution in [3.8, 4) is 5.69 Å². The number of hydrogen-bond donors (Lipinski definition) is 0. The first-order valence-electron chi connectivity index (χ1n) is 8.01. The standard InChI is InChI=1S/C21H20N2/c1-21(2,3)20-19-16-11-7-8-12-17(16)23(18(19)13-14-22-20)15-9-5-4-6-10-15/h4-14H,1-3H3. The Kier molecular flexibility index (Phi) is 3.02. The van der Waals surface area contributed by atoms with E-state index >= 15 is 0 Å². The average molecular weight is 300 g/mol. The Morgan fingerprint density at radius 3 is 2.22 bits per heavy atom. The second-order valence-corrected chi connectivity index (χ2v) is 6.99. The maximum absolute atomic E-state index is 4.72. The molecule has 2 heterocycles. The van der Waals surface area contributed by atoms with Crippen molar-refractivity contribution in [3.63, 3.8) is 0 Å². The fourth-order valence-electron chi connectivity index (χ4n) is 3.34. The summed E-state index contributed by atoms with van der Waals surface area (Å²) in [6.45, 7) is 6.68. The van der Waals surface area contributed by atoms with E-state index in [-0.39, 0.29) is 5.41 Å². The van der Waals surface area contributed by atoms with Crippen LogP contribution in [0.2, 0.25) is 0 Å². The van der Waals surface area contributed by atoms with Crippen LogP contribution in [0.5, 0.6) is 0 Å². The van der Waals surface area contributed by atoms with Crippen LogP contribution >= 0.6 is 0 Å². The Labute approximate surface area is 136 Å². The van der Waals surface area contributed by atoms with Crippen molar-refractivity contribution in [2.24, 2.45) is 0 Å². The lowest BCUT2D eigenvalue weighted by Gasteiger charge is -2.19. The molecule has 0 spiro atoms. The van der Waals surface area contributed by atoms with Crippen molar-refractivity contribution in [1.82, 2.24) is 9.55 Å². The molecule has 2 heteroatoms. The van der Waals surface area contributed by atoms with Crippen LogP contribution in [0.25, 0.3) is 27.5 Å². The minimum Gasteiger partial charge on any atom is -0.309 e. The third-order valence-corrected chi connectivity index (χ3v) is 4.31. The van der Waals surface area contributed by atoms with Gasteiger partial charge in [0.15, 0.2) is 0 Å². The monoisotopic (exact) mass is 300 g/mol. The average Bonchev–Trinajstić information content (AvgIpc) is 2.89.